The Kier molecular flexibility index (Phi) is 5.71. The smallest absolute Gasteiger partial charge is 0.316 e. The number of hydrogen-bond donors (Lipinski definition) is 1. The Bertz CT molecular complexity index is 898. The molecule has 1 amide bonds. The summed E-state index contributed by atoms with van der Waals surface area (Å²) in [5.41, 5.74) is 3.35. The van der Waals surface area contributed by atoms with Crippen LogP contribution < -0.4 is 14.8 Å². The third kappa shape index (κ3) is 4.59. The van der Waals surface area contributed by atoms with Crippen molar-refractivity contribution in [3.8, 4) is 11.5 Å². The highest BCUT2D eigenvalue weighted by Crippen LogP contribution is 2.32. The van der Waals surface area contributed by atoms with E-state index in [0.717, 1.165) is 17.7 Å². The van der Waals surface area contributed by atoms with E-state index in [1.165, 1.54) is 29.3 Å². The Labute approximate surface area is 167 Å². The summed E-state index contributed by atoms with van der Waals surface area (Å²) >= 11 is 1.43. The van der Waals surface area contributed by atoms with E-state index in [2.05, 4.69) is 17.4 Å². The van der Waals surface area contributed by atoms with Crippen LogP contribution in [0.1, 0.15) is 17.5 Å². The molecule has 0 saturated carbocycles. The second-order valence-corrected chi connectivity index (χ2v) is 7.69. The molecule has 0 fully saturated rings. The molecule has 0 aromatic heterocycles. The highest BCUT2D eigenvalue weighted by molar-refractivity contribution is 8.00. The van der Waals surface area contributed by atoms with Crippen LogP contribution in [0.25, 0.3) is 0 Å². The summed E-state index contributed by atoms with van der Waals surface area (Å²) in [6.45, 7) is 0.667. The van der Waals surface area contributed by atoms with Crippen molar-refractivity contribution >= 4 is 29.3 Å². The number of anilines is 1. The molecule has 7 heteroatoms. The summed E-state index contributed by atoms with van der Waals surface area (Å²) in [5.74, 6) is 0.609. The Morgan fingerprint density at radius 2 is 1.82 bits per heavy atom. The maximum Gasteiger partial charge on any atom is 0.316 e. The van der Waals surface area contributed by atoms with Crippen LogP contribution in [-0.2, 0) is 27.2 Å². The van der Waals surface area contributed by atoms with E-state index in [-0.39, 0.29) is 12.4 Å². The predicted molar refractivity (Wildman–Crippen MR) is 106 cm³/mol. The van der Waals surface area contributed by atoms with Gasteiger partial charge in [0.1, 0.15) is 13.2 Å². The van der Waals surface area contributed by atoms with Crippen LogP contribution in [0.2, 0.25) is 0 Å². The lowest BCUT2D eigenvalue weighted by atomic mass is 10.1. The molecule has 1 heterocycles. The number of carbonyl (C=O) groups excluding carboxylic acids is 2. The zero-order chi connectivity index (χ0) is 19.3. The van der Waals surface area contributed by atoms with E-state index in [1.807, 2.05) is 6.07 Å². The molecule has 1 N–H and O–H groups in total. The first-order valence-corrected chi connectivity index (χ1v) is 10.3. The van der Waals surface area contributed by atoms with E-state index in [1.54, 1.807) is 18.2 Å². The van der Waals surface area contributed by atoms with E-state index < -0.39 is 11.9 Å². The Morgan fingerprint density at radius 1 is 1.00 bits per heavy atom. The highest BCUT2D eigenvalue weighted by atomic mass is 32.2. The molecule has 0 atom stereocenters. The molecule has 6 nitrogen and oxygen atoms in total. The third-order valence-electron chi connectivity index (χ3n) is 4.62. The average molecular weight is 399 g/mol. The monoisotopic (exact) mass is 399 g/mol. The summed E-state index contributed by atoms with van der Waals surface area (Å²) in [6.07, 6.45) is 3.44. The molecular weight excluding hydrogens is 378 g/mol. The molecule has 0 bridgehead atoms. The zero-order valence-corrected chi connectivity index (χ0v) is 16.2. The molecule has 0 radical (unpaired) electrons. The second kappa shape index (κ2) is 8.56. The van der Waals surface area contributed by atoms with Crippen molar-refractivity contribution in [1.82, 2.24) is 0 Å². The van der Waals surface area contributed by atoms with Gasteiger partial charge in [-0.25, -0.2) is 0 Å². The summed E-state index contributed by atoms with van der Waals surface area (Å²) < 4.78 is 16.0. The fraction of sp³-hybridized carbons (Fsp3) is 0.333. The molecule has 2 aromatic carbocycles. The fourth-order valence-corrected chi connectivity index (χ4v) is 4.04. The lowest BCUT2D eigenvalue weighted by Gasteiger charge is -2.19. The number of hydrogen-bond acceptors (Lipinski definition) is 6. The number of thioether (sulfide) groups is 1. The van der Waals surface area contributed by atoms with Gasteiger partial charge in [-0.1, -0.05) is 6.07 Å². The molecule has 2 aromatic rings. The van der Waals surface area contributed by atoms with Crippen molar-refractivity contribution in [3.05, 3.63) is 47.5 Å². The van der Waals surface area contributed by atoms with Crippen LogP contribution in [0, 0.1) is 0 Å². The van der Waals surface area contributed by atoms with Crippen molar-refractivity contribution in [2.24, 2.45) is 0 Å². The maximum atomic E-state index is 12.0. The number of carbonyl (C=O) groups is 2. The number of esters is 1. The van der Waals surface area contributed by atoms with Gasteiger partial charge in [-0.2, -0.15) is 0 Å². The standard InChI is InChI=1S/C21H21NO5S/c23-20(22-16-5-7-18-19(11-16)26-9-8-25-18)12-27-21(24)13-28-17-6-4-14-2-1-3-15(14)10-17/h4-7,10-11H,1-3,8-9,12-13H2,(H,22,23). The molecule has 0 spiro atoms. The van der Waals surface area contributed by atoms with Gasteiger partial charge in [-0.3, -0.25) is 9.59 Å². The van der Waals surface area contributed by atoms with Crippen LogP contribution in [0.4, 0.5) is 5.69 Å². The molecule has 1 aliphatic heterocycles. The number of amides is 1. The minimum absolute atomic E-state index is 0.177. The average Bonchev–Trinajstić information content (AvgIpc) is 3.18. The number of ether oxygens (including phenoxy) is 3. The van der Waals surface area contributed by atoms with Gasteiger partial charge in [-0.05, 0) is 54.7 Å². The van der Waals surface area contributed by atoms with Gasteiger partial charge in [0.25, 0.3) is 5.91 Å². The minimum atomic E-state index is -0.414. The van der Waals surface area contributed by atoms with Crippen LogP contribution in [0.3, 0.4) is 0 Å². The molecule has 146 valence electrons. The zero-order valence-electron chi connectivity index (χ0n) is 15.4. The van der Waals surface area contributed by atoms with Crippen molar-refractivity contribution in [1.29, 1.82) is 0 Å². The summed E-state index contributed by atoms with van der Waals surface area (Å²) in [7, 11) is 0. The van der Waals surface area contributed by atoms with Gasteiger partial charge >= 0.3 is 5.97 Å². The number of benzene rings is 2. The molecule has 1 aliphatic carbocycles. The number of nitrogens with one attached hydrogen (secondary N) is 1. The van der Waals surface area contributed by atoms with Crippen LogP contribution >= 0.6 is 11.8 Å². The van der Waals surface area contributed by atoms with Crippen LogP contribution in [0.15, 0.2) is 41.3 Å². The molecule has 0 unspecified atom stereocenters. The summed E-state index contributed by atoms with van der Waals surface area (Å²) in [4.78, 5) is 25.0. The fourth-order valence-electron chi connectivity index (χ4n) is 3.29. The lowest BCUT2D eigenvalue weighted by Crippen LogP contribution is -2.22. The SMILES string of the molecule is O=C(COC(=O)CSc1ccc2c(c1)CCC2)Nc1ccc2c(c1)OCCO2. The molecule has 4 rings (SSSR count). The van der Waals surface area contributed by atoms with E-state index in [4.69, 9.17) is 14.2 Å². The molecule has 28 heavy (non-hydrogen) atoms. The van der Waals surface area contributed by atoms with Crippen molar-refractivity contribution < 1.29 is 23.8 Å². The first kappa shape index (κ1) is 18.7. The number of rotatable bonds is 6. The van der Waals surface area contributed by atoms with E-state index >= 15 is 0 Å². The van der Waals surface area contributed by atoms with Gasteiger partial charge in [-0.15, -0.1) is 11.8 Å². The molecular formula is C21H21NO5S. The number of aryl methyl sites for hydroxylation is 2. The maximum absolute atomic E-state index is 12.0. The van der Waals surface area contributed by atoms with E-state index in [9.17, 15) is 9.59 Å². The van der Waals surface area contributed by atoms with Gasteiger partial charge < -0.3 is 19.5 Å². The quantitative estimate of drug-likeness (QED) is 0.594. The normalized spacial score (nSPS) is 14.3. The Hall–Kier alpha value is -2.67. The van der Waals surface area contributed by atoms with Gasteiger partial charge in [0.05, 0.1) is 5.75 Å². The highest BCUT2D eigenvalue weighted by Gasteiger charge is 2.15. The third-order valence-corrected chi connectivity index (χ3v) is 5.58. The molecule has 2 aliphatic rings. The largest absolute Gasteiger partial charge is 0.486 e. The lowest BCUT2D eigenvalue weighted by molar-refractivity contribution is -0.144. The topological polar surface area (TPSA) is 73.9 Å². The Morgan fingerprint density at radius 3 is 2.71 bits per heavy atom. The summed E-state index contributed by atoms with van der Waals surface area (Å²) in [5, 5.41) is 2.69. The Balaban J connectivity index is 1.21. The number of fused-ring (bicyclic) bond motifs is 2. The molecule has 0 saturated heterocycles. The second-order valence-electron chi connectivity index (χ2n) is 6.64. The van der Waals surface area contributed by atoms with Crippen LogP contribution in [0.5, 0.6) is 11.5 Å². The van der Waals surface area contributed by atoms with Crippen LogP contribution in [-0.4, -0.2) is 37.4 Å². The summed E-state index contributed by atoms with van der Waals surface area (Å²) in [6, 6.07) is 11.5. The van der Waals surface area contributed by atoms with Gasteiger partial charge in [0.2, 0.25) is 0 Å². The first-order valence-electron chi connectivity index (χ1n) is 9.27. The first-order chi connectivity index (χ1) is 13.7. The predicted octanol–water partition coefficient (Wildman–Crippen LogP) is 3.22. The van der Waals surface area contributed by atoms with Gasteiger partial charge in [0, 0.05) is 16.6 Å². The van der Waals surface area contributed by atoms with E-state index in [0.29, 0.717) is 30.4 Å². The van der Waals surface area contributed by atoms with Crippen molar-refractivity contribution in [2.45, 2.75) is 24.2 Å². The van der Waals surface area contributed by atoms with Gasteiger partial charge in [0.15, 0.2) is 18.1 Å². The van der Waals surface area contributed by atoms with Crippen molar-refractivity contribution in [3.63, 3.8) is 0 Å². The minimum Gasteiger partial charge on any atom is -0.486 e. The van der Waals surface area contributed by atoms with Crippen molar-refractivity contribution in [2.75, 3.05) is 30.9 Å².